The highest BCUT2D eigenvalue weighted by molar-refractivity contribution is 6.00. The Bertz CT molecular complexity index is 930. The van der Waals surface area contributed by atoms with Gasteiger partial charge in [0.1, 0.15) is 0 Å². The first kappa shape index (κ1) is 17.2. The van der Waals surface area contributed by atoms with E-state index in [-0.39, 0.29) is 17.3 Å². The predicted octanol–water partition coefficient (Wildman–Crippen LogP) is 0.734. The number of hydrazone groups is 1. The van der Waals surface area contributed by atoms with Crippen LogP contribution >= 0.6 is 0 Å². The van der Waals surface area contributed by atoms with Crippen LogP contribution in [0.2, 0.25) is 0 Å². The first-order valence-corrected chi connectivity index (χ1v) is 7.89. The molecule has 1 amide bonds. The van der Waals surface area contributed by atoms with E-state index in [2.05, 4.69) is 40.8 Å². The number of nitrogens with one attached hydrogen (secondary N) is 1. The minimum Gasteiger partial charge on any atom is -0.378 e. The van der Waals surface area contributed by atoms with Gasteiger partial charge in [0.05, 0.1) is 11.4 Å². The molecule has 0 aliphatic carbocycles. The van der Waals surface area contributed by atoms with Crippen molar-refractivity contribution < 1.29 is 9.42 Å². The standard InChI is InChI=1S/C15H17N9O2/c1-3-4-11-12(19-23-24(11)14-13(16)21-26-22-14)15(25)20-18-9(2)10-5-7-17-8-6-10/h5-8H,3-4H2,1-2H3,(H2,16,21)(H,20,25)/b18-9+. The van der Waals surface area contributed by atoms with Crippen molar-refractivity contribution in [3.05, 3.63) is 41.5 Å². The molecule has 0 fully saturated rings. The van der Waals surface area contributed by atoms with Gasteiger partial charge in [0, 0.05) is 18.0 Å². The average Bonchev–Trinajstić information content (AvgIpc) is 3.26. The smallest absolute Gasteiger partial charge is 0.293 e. The van der Waals surface area contributed by atoms with E-state index in [0.717, 1.165) is 12.0 Å². The maximum atomic E-state index is 12.5. The van der Waals surface area contributed by atoms with Gasteiger partial charge in [-0.2, -0.15) is 9.78 Å². The van der Waals surface area contributed by atoms with E-state index in [0.29, 0.717) is 17.8 Å². The lowest BCUT2D eigenvalue weighted by Gasteiger charge is -2.04. The number of amides is 1. The molecule has 0 atom stereocenters. The first-order chi connectivity index (χ1) is 12.6. The molecule has 0 spiro atoms. The molecule has 0 bridgehead atoms. The fourth-order valence-electron chi connectivity index (χ4n) is 2.29. The number of nitrogens with zero attached hydrogens (tertiary/aromatic N) is 7. The third-order valence-corrected chi connectivity index (χ3v) is 3.58. The molecular formula is C15H17N9O2. The maximum absolute atomic E-state index is 12.5. The van der Waals surface area contributed by atoms with Gasteiger partial charge in [-0.3, -0.25) is 9.78 Å². The average molecular weight is 355 g/mol. The maximum Gasteiger partial charge on any atom is 0.293 e. The molecule has 0 radical (unpaired) electrons. The van der Waals surface area contributed by atoms with E-state index in [9.17, 15) is 4.79 Å². The Kier molecular flexibility index (Phi) is 4.97. The van der Waals surface area contributed by atoms with Gasteiger partial charge in [-0.1, -0.05) is 18.6 Å². The van der Waals surface area contributed by atoms with Crippen LogP contribution in [-0.2, 0) is 6.42 Å². The zero-order chi connectivity index (χ0) is 18.5. The van der Waals surface area contributed by atoms with Gasteiger partial charge in [-0.15, -0.1) is 5.10 Å². The van der Waals surface area contributed by atoms with Crippen molar-refractivity contribution in [2.75, 3.05) is 5.73 Å². The molecule has 3 aromatic heterocycles. The van der Waals surface area contributed by atoms with Crippen LogP contribution in [0.4, 0.5) is 5.82 Å². The van der Waals surface area contributed by atoms with Crippen molar-refractivity contribution in [3.63, 3.8) is 0 Å². The Balaban J connectivity index is 1.86. The van der Waals surface area contributed by atoms with E-state index in [1.165, 1.54) is 4.68 Å². The second kappa shape index (κ2) is 7.51. The predicted molar refractivity (Wildman–Crippen MR) is 91.5 cm³/mol. The molecule has 3 rings (SSSR count). The van der Waals surface area contributed by atoms with Crippen molar-refractivity contribution in [2.24, 2.45) is 5.10 Å². The van der Waals surface area contributed by atoms with E-state index >= 15 is 0 Å². The third-order valence-electron chi connectivity index (χ3n) is 3.58. The lowest BCUT2D eigenvalue weighted by atomic mass is 10.2. The second-order valence-electron chi connectivity index (χ2n) is 5.39. The van der Waals surface area contributed by atoms with Crippen LogP contribution in [0.1, 0.15) is 42.0 Å². The molecular weight excluding hydrogens is 338 g/mol. The van der Waals surface area contributed by atoms with Crippen molar-refractivity contribution in [1.29, 1.82) is 0 Å². The summed E-state index contributed by atoms with van der Waals surface area (Å²) in [6.45, 7) is 3.75. The number of carbonyl (C=O) groups excluding carboxylic acids is 1. The summed E-state index contributed by atoms with van der Waals surface area (Å²) in [6, 6.07) is 3.59. The van der Waals surface area contributed by atoms with Crippen LogP contribution in [0, 0.1) is 0 Å². The number of nitrogen functional groups attached to an aromatic ring is 1. The lowest BCUT2D eigenvalue weighted by Crippen LogP contribution is -2.21. The second-order valence-corrected chi connectivity index (χ2v) is 5.39. The Morgan fingerprint density at radius 2 is 2.12 bits per heavy atom. The van der Waals surface area contributed by atoms with E-state index in [4.69, 9.17) is 5.73 Å². The first-order valence-electron chi connectivity index (χ1n) is 7.89. The number of hydrogen-bond acceptors (Lipinski definition) is 9. The monoisotopic (exact) mass is 355 g/mol. The quantitative estimate of drug-likeness (QED) is 0.485. The van der Waals surface area contributed by atoms with E-state index < -0.39 is 5.91 Å². The number of anilines is 1. The summed E-state index contributed by atoms with van der Waals surface area (Å²) in [5.41, 5.74) is 10.4. The molecule has 3 heterocycles. The van der Waals surface area contributed by atoms with Gasteiger partial charge >= 0.3 is 0 Å². The zero-order valence-electron chi connectivity index (χ0n) is 14.2. The Morgan fingerprint density at radius 1 is 1.35 bits per heavy atom. The van der Waals surface area contributed by atoms with E-state index in [1.54, 1.807) is 31.5 Å². The van der Waals surface area contributed by atoms with Gasteiger partial charge < -0.3 is 5.73 Å². The van der Waals surface area contributed by atoms with Crippen molar-refractivity contribution in [1.82, 2.24) is 35.7 Å². The zero-order valence-corrected chi connectivity index (χ0v) is 14.2. The van der Waals surface area contributed by atoms with Crippen LogP contribution in [-0.4, -0.2) is 41.9 Å². The van der Waals surface area contributed by atoms with Crippen LogP contribution in [0.15, 0.2) is 34.3 Å². The molecule has 11 heteroatoms. The Labute approximate surface area is 148 Å². The number of nitrogens with two attached hydrogens (primary N) is 1. The molecule has 3 N–H and O–H groups in total. The van der Waals surface area contributed by atoms with Crippen molar-refractivity contribution in [2.45, 2.75) is 26.7 Å². The molecule has 0 aromatic carbocycles. The van der Waals surface area contributed by atoms with Crippen molar-refractivity contribution >= 4 is 17.4 Å². The summed E-state index contributed by atoms with van der Waals surface area (Å²) in [7, 11) is 0. The fourth-order valence-corrected chi connectivity index (χ4v) is 2.29. The SMILES string of the molecule is CCCc1c(C(=O)N/N=C(\C)c2ccncc2)nnn1-c1nonc1N. The fraction of sp³-hybridized carbons (Fsp3) is 0.267. The minimum absolute atomic E-state index is 0.0609. The summed E-state index contributed by atoms with van der Waals surface area (Å²) >= 11 is 0. The van der Waals surface area contributed by atoms with Crippen molar-refractivity contribution in [3.8, 4) is 5.82 Å². The van der Waals surface area contributed by atoms with Gasteiger partial charge in [0.25, 0.3) is 5.91 Å². The molecule has 3 aromatic rings. The highest BCUT2D eigenvalue weighted by Gasteiger charge is 2.23. The van der Waals surface area contributed by atoms with Crippen LogP contribution in [0.5, 0.6) is 0 Å². The number of pyridine rings is 1. The van der Waals surface area contributed by atoms with Gasteiger partial charge in [-0.05, 0) is 35.8 Å². The Hall–Kier alpha value is -3.63. The van der Waals surface area contributed by atoms with Crippen LogP contribution in [0.25, 0.3) is 5.82 Å². The number of hydrogen-bond donors (Lipinski definition) is 2. The third kappa shape index (κ3) is 3.41. The largest absolute Gasteiger partial charge is 0.378 e. The Morgan fingerprint density at radius 3 is 2.77 bits per heavy atom. The minimum atomic E-state index is -0.483. The van der Waals surface area contributed by atoms with Gasteiger partial charge in [0.15, 0.2) is 5.69 Å². The summed E-state index contributed by atoms with van der Waals surface area (Å²) < 4.78 is 5.94. The summed E-state index contributed by atoms with van der Waals surface area (Å²) in [5, 5.41) is 19.2. The summed E-state index contributed by atoms with van der Waals surface area (Å²) in [6.07, 6.45) is 4.60. The molecule has 26 heavy (non-hydrogen) atoms. The highest BCUT2D eigenvalue weighted by atomic mass is 16.6. The normalized spacial score (nSPS) is 11.5. The van der Waals surface area contributed by atoms with Crippen LogP contribution < -0.4 is 11.2 Å². The molecule has 0 unspecified atom stereocenters. The molecule has 0 saturated carbocycles. The van der Waals surface area contributed by atoms with Gasteiger partial charge in [-0.25, -0.2) is 10.1 Å². The number of aromatic nitrogens is 6. The molecule has 134 valence electrons. The molecule has 11 nitrogen and oxygen atoms in total. The van der Waals surface area contributed by atoms with Gasteiger partial charge in [0.2, 0.25) is 11.6 Å². The topological polar surface area (TPSA) is 150 Å². The molecule has 0 saturated heterocycles. The molecule has 0 aliphatic heterocycles. The number of carbonyl (C=O) groups is 1. The highest BCUT2D eigenvalue weighted by Crippen LogP contribution is 2.17. The molecule has 0 aliphatic rings. The van der Waals surface area contributed by atoms with Crippen LogP contribution in [0.3, 0.4) is 0 Å². The summed E-state index contributed by atoms with van der Waals surface area (Å²) in [5.74, 6) is -0.231. The van der Waals surface area contributed by atoms with E-state index in [1.807, 2.05) is 6.92 Å². The lowest BCUT2D eigenvalue weighted by molar-refractivity contribution is 0.0948. The number of rotatable bonds is 6. The summed E-state index contributed by atoms with van der Waals surface area (Å²) in [4.78, 5) is 16.5.